The maximum atomic E-state index is 12.9. The number of non-ortho nitro benzene ring substituents is 1. The van der Waals surface area contributed by atoms with Crippen LogP contribution < -0.4 is 5.32 Å². The summed E-state index contributed by atoms with van der Waals surface area (Å²) in [6.07, 6.45) is 1.18. The number of pyridine rings is 1. The Morgan fingerprint density at radius 3 is 2.70 bits per heavy atom. The topological polar surface area (TPSA) is 85.1 Å². The zero-order valence-electron chi connectivity index (χ0n) is 9.84. The minimum atomic E-state index is -0.764. The first kappa shape index (κ1) is 14.1. The van der Waals surface area contributed by atoms with Gasteiger partial charge in [-0.3, -0.25) is 14.9 Å². The number of nitro groups is 1. The van der Waals surface area contributed by atoms with Crippen LogP contribution in [0.15, 0.2) is 41.0 Å². The summed E-state index contributed by atoms with van der Waals surface area (Å²) in [5.41, 5.74) is 0.338. The number of nitrogens with zero attached hydrogens (tertiary/aromatic N) is 2. The van der Waals surface area contributed by atoms with Crippen molar-refractivity contribution in [2.75, 3.05) is 5.32 Å². The second-order valence-corrected chi connectivity index (χ2v) is 4.60. The smallest absolute Gasteiger partial charge is 0.270 e. The van der Waals surface area contributed by atoms with Gasteiger partial charge < -0.3 is 5.32 Å². The molecule has 2 aromatic rings. The molecule has 0 bridgehead atoms. The van der Waals surface area contributed by atoms with Gasteiger partial charge in [-0.25, -0.2) is 4.98 Å². The number of benzene rings is 1. The molecule has 0 aliphatic heterocycles. The summed E-state index contributed by atoms with van der Waals surface area (Å²) in [6.45, 7) is 0. The second-order valence-electron chi connectivity index (χ2n) is 3.74. The standard InChI is InChI=1S/C12H7BrFN3O3/c13-9-6-8(17(19)20)1-2-10(9)16-12(18)7-3-4-15-11(14)5-7/h1-6H,(H,16,18). The number of carbonyl (C=O) groups is 1. The third kappa shape index (κ3) is 3.15. The van der Waals surface area contributed by atoms with E-state index in [1.54, 1.807) is 0 Å². The quantitative estimate of drug-likeness (QED) is 0.528. The van der Waals surface area contributed by atoms with E-state index in [0.29, 0.717) is 10.2 Å². The van der Waals surface area contributed by atoms with E-state index >= 15 is 0 Å². The molecule has 2 rings (SSSR count). The molecule has 0 unspecified atom stereocenters. The SMILES string of the molecule is O=C(Nc1ccc([N+](=O)[O-])cc1Br)c1ccnc(F)c1. The highest BCUT2D eigenvalue weighted by atomic mass is 79.9. The molecule has 0 fully saturated rings. The molecule has 1 heterocycles. The predicted molar refractivity (Wildman–Crippen MR) is 72.9 cm³/mol. The van der Waals surface area contributed by atoms with Crippen molar-refractivity contribution in [2.45, 2.75) is 0 Å². The Hall–Kier alpha value is -2.35. The van der Waals surface area contributed by atoms with Crippen molar-refractivity contribution in [1.82, 2.24) is 4.98 Å². The molecule has 1 amide bonds. The molecule has 0 aliphatic rings. The zero-order chi connectivity index (χ0) is 14.7. The average Bonchev–Trinajstić information content (AvgIpc) is 2.40. The third-order valence-electron chi connectivity index (χ3n) is 2.40. The molecule has 20 heavy (non-hydrogen) atoms. The van der Waals surface area contributed by atoms with Gasteiger partial charge in [0, 0.05) is 34.4 Å². The van der Waals surface area contributed by atoms with Gasteiger partial charge in [-0.15, -0.1) is 0 Å². The van der Waals surface area contributed by atoms with Gasteiger partial charge in [0.1, 0.15) is 0 Å². The highest BCUT2D eigenvalue weighted by molar-refractivity contribution is 9.10. The van der Waals surface area contributed by atoms with E-state index in [0.717, 1.165) is 6.07 Å². The maximum absolute atomic E-state index is 12.9. The Bertz CT molecular complexity index is 693. The van der Waals surface area contributed by atoms with Crippen LogP contribution in [0.3, 0.4) is 0 Å². The molecule has 1 N–H and O–H groups in total. The fourth-order valence-corrected chi connectivity index (χ4v) is 1.92. The second kappa shape index (κ2) is 5.74. The van der Waals surface area contributed by atoms with Gasteiger partial charge in [0.15, 0.2) is 0 Å². The van der Waals surface area contributed by atoms with Gasteiger partial charge in [0.25, 0.3) is 11.6 Å². The number of carbonyl (C=O) groups excluding carboxylic acids is 1. The first-order valence-corrected chi connectivity index (χ1v) is 6.13. The van der Waals surface area contributed by atoms with Crippen molar-refractivity contribution in [3.05, 3.63) is 62.6 Å². The van der Waals surface area contributed by atoms with Crippen LogP contribution in [-0.2, 0) is 0 Å². The van der Waals surface area contributed by atoms with Crippen LogP contribution in [0, 0.1) is 16.1 Å². The van der Waals surface area contributed by atoms with Crippen molar-refractivity contribution in [2.24, 2.45) is 0 Å². The maximum Gasteiger partial charge on any atom is 0.270 e. The van der Waals surface area contributed by atoms with E-state index in [1.807, 2.05) is 0 Å². The van der Waals surface area contributed by atoms with Crippen LogP contribution in [0.5, 0.6) is 0 Å². The first-order chi connectivity index (χ1) is 9.47. The van der Waals surface area contributed by atoms with Crippen molar-refractivity contribution in [3.63, 3.8) is 0 Å². The number of hydrogen-bond acceptors (Lipinski definition) is 4. The third-order valence-corrected chi connectivity index (χ3v) is 3.06. The van der Waals surface area contributed by atoms with E-state index in [1.165, 1.54) is 30.5 Å². The first-order valence-electron chi connectivity index (χ1n) is 5.34. The number of hydrogen-bond donors (Lipinski definition) is 1. The molecule has 0 aliphatic carbocycles. The van der Waals surface area contributed by atoms with E-state index < -0.39 is 16.8 Å². The summed E-state index contributed by atoms with van der Waals surface area (Å²) < 4.78 is 13.3. The monoisotopic (exact) mass is 339 g/mol. The lowest BCUT2D eigenvalue weighted by atomic mass is 10.2. The van der Waals surface area contributed by atoms with E-state index in [2.05, 4.69) is 26.2 Å². The average molecular weight is 340 g/mol. The van der Waals surface area contributed by atoms with Gasteiger partial charge in [-0.05, 0) is 28.1 Å². The van der Waals surface area contributed by atoms with Crippen molar-refractivity contribution >= 4 is 33.2 Å². The highest BCUT2D eigenvalue weighted by Gasteiger charge is 2.12. The number of rotatable bonds is 3. The number of aromatic nitrogens is 1. The summed E-state index contributed by atoms with van der Waals surface area (Å²) in [5, 5.41) is 13.1. The molecule has 8 heteroatoms. The fourth-order valence-electron chi connectivity index (χ4n) is 1.46. The van der Waals surface area contributed by atoms with Crippen LogP contribution in [0.2, 0.25) is 0 Å². The lowest BCUT2D eigenvalue weighted by Crippen LogP contribution is -2.12. The Kier molecular flexibility index (Phi) is 4.04. The van der Waals surface area contributed by atoms with Crippen LogP contribution in [0.4, 0.5) is 15.8 Å². The number of nitrogens with one attached hydrogen (secondary N) is 1. The fraction of sp³-hybridized carbons (Fsp3) is 0. The normalized spacial score (nSPS) is 10.1. The summed E-state index contributed by atoms with van der Waals surface area (Å²) in [4.78, 5) is 25.3. The Balaban J connectivity index is 2.22. The van der Waals surface area contributed by atoms with Gasteiger partial charge in [0.2, 0.25) is 5.95 Å². The lowest BCUT2D eigenvalue weighted by molar-refractivity contribution is -0.384. The molecule has 0 atom stereocenters. The summed E-state index contributed by atoms with van der Waals surface area (Å²) in [5.74, 6) is -1.30. The van der Waals surface area contributed by atoms with Gasteiger partial charge in [0.05, 0.1) is 10.6 Å². The molecule has 1 aromatic heterocycles. The van der Waals surface area contributed by atoms with Crippen LogP contribution >= 0.6 is 15.9 Å². The van der Waals surface area contributed by atoms with Crippen LogP contribution in [0.25, 0.3) is 0 Å². The minimum absolute atomic E-state index is 0.0998. The van der Waals surface area contributed by atoms with E-state index in [4.69, 9.17) is 0 Å². The summed E-state index contributed by atoms with van der Waals surface area (Å²) in [7, 11) is 0. The molecule has 6 nitrogen and oxygen atoms in total. The molecule has 0 spiro atoms. The highest BCUT2D eigenvalue weighted by Crippen LogP contribution is 2.27. The Labute approximate surface area is 120 Å². The van der Waals surface area contributed by atoms with Crippen molar-refractivity contribution in [3.8, 4) is 0 Å². The summed E-state index contributed by atoms with van der Waals surface area (Å²) in [6, 6.07) is 6.26. The van der Waals surface area contributed by atoms with Gasteiger partial charge in [-0.1, -0.05) is 0 Å². The van der Waals surface area contributed by atoms with Crippen molar-refractivity contribution in [1.29, 1.82) is 0 Å². The lowest BCUT2D eigenvalue weighted by Gasteiger charge is -2.07. The molecular formula is C12H7BrFN3O3. The van der Waals surface area contributed by atoms with E-state index in [9.17, 15) is 19.3 Å². The minimum Gasteiger partial charge on any atom is -0.321 e. The number of amides is 1. The molecule has 102 valence electrons. The predicted octanol–water partition coefficient (Wildman–Crippen LogP) is 3.14. The molecule has 0 saturated heterocycles. The Morgan fingerprint density at radius 1 is 1.35 bits per heavy atom. The number of nitro benzene ring substituents is 1. The Morgan fingerprint density at radius 2 is 2.10 bits per heavy atom. The van der Waals surface area contributed by atoms with Gasteiger partial charge in [-0.2, -0.15) is 4.39 Å². The molecule has 0 radical (unpaired) electrons. The summed E-state index contributed by atoms with van der Waals surface area (Å²) >= 11 is 3.13. The number of halogens is 2. The number of anilines is 1. The molecular weight excluding hydrogens is 333 g/mol. The van der Waals surface area contributed by atoms with E-state index in [-0.39, 0.29) is 11.3 Å². The van der Waals surface area contributed by atoms with Crippen LogP contribution in [-0.4, -0.2) is 15.8 Å². The molecule has 0 saturated carbocycles. The zero-order valence-corrected chi connectivity index (χ0v) is 11.4. The van der Waals surface area contributed by atoms with Gasteiger partial charge >= 0.3 is 0 Å². The molecule has 1 aromatic carbocycles. The van der Waals surface area contributed by atoms with Crippen molar-refractivity contribution < 1.29 is 14.1 Å². The largest absolute Gasteiger partial charge is 0.321 e. The van der Waals surface area contributed by atoms with Crippen LogP contribution in [0.1, 0.15) is 10.4 Å².